The molecule has 0 atom stereocenters. The Morgan fingerprint density at radius 3 is 2.21 bits per heavy atom. The molecule has 9 nitrogen and oxygen atoms in total. The van der Waals surface area contributed by atoms with E-state index in [2.05, 4.69) is 29.8 Å². The van der Waals surface area contributed by atoms with Crippen LogP contribution in [0.3, 0.4) is 0 Å². The highest BCUT2D eigenvalue weighted by molar-refractivity contribution is 5.33. The van der Waals surface area contributed by atoms with E-state index >= 15 is 0 Å². The second kappa shape index (κ2) is 7.24. The van der Waals surface area contributed by atoms with Gasteiger partial charge in [-0.2, -0.15) is 9.97 Å². The Hall–Kier alpha value is -2.71. The van der Waals surface area contributed by atoms with Crippen molar-refractivity contribution in [3.05, 3.63) is 18.1 Å². The van der Waals surface area contributed by atoms with Crippen LogP contribution in [0, 0.1) is 6.92 Å². The van der Waals surface area contributed by atoms with Gasteiger partial charge in [0.25, 0.3) is 0 Å². The van der Waals surface area contributed by atoms with Crippen molar-refractivity contribution in [1.29, 1.82) is 0 Å². The van der Waals surface area contributed by atoms with E-state index in [-0.39, 0.29) is 18.1 Å². The van der Waals surface area contributed by atoms with Gasteiger partial charge in [0.05, 0.1) is 26.1 Å². The van der Waals surface area contributed by atoms with E-state index < -0.39 is 0 Å². The maximum absolute atomic E-state index is 5.91. The molecule has 1 aliphatic rings. The van der Waals surface area contributed by atoms with Gasteiger partial charge >= 0.3 is 12.0 Å². The Kier molecular flexibility index (Phi) is 4.88. The first-order valence-corrected chi connectivity index (χ1v) is 7.72. The number of anilines is 1. The number of rotatable bonds is 5. The van der Waals surface area contributed by atoms with Crippen molar-refractivity contribution in [3.63, 3.8) is 0 Å². The fourth-order valence-electron chi connectivity index (χ4n) is 2.49. The third-order valence-corrected chi connectivity index (χ3v) is 3.69. The van der Waals surface area contributed by atoms with E-state index in [4.69, 9.17) is 14.2 Å². The lowest BCUT2D eigenvalue weighted by Crippen LogP contribution is -2.39. The van der Waals surface area contributed by atoms with Crippen molar-refractivity contribution in [2.24, 2.45) is 0 Å². The molecule has 128 valence electrons. The minimum atomic E-state index is 0.1000. The molecule has 0 unspecified atom stereocenters. The fraction of sp³-hybridized carbons (Fsp3) is 0.533. The molecule has 3 heterocycles. The number of hydrogen-bond donors (Lipinski definition) is 0. The number of piperidine rings is 1. The number of aromatic nitrogens is 5. The van der Waals surface area contributed by atoms with Crippen LogP contribution in [-0.4, -0.2) is 58.3 Å². The summed E-state index contributed by atoms with van der Waals surface area (Å²) in [5, 5.41) is 0. The molecule has 0 amide bonds. The predicted octanol–water partition coefficient (Wildman–Crippen LogP) is 1.04. The lowest BCUT2D eigenvalue weighted by Gasteiger charge is -2.31. The molecule has 24 heavy (non-hydrogen) atoms. The summed E-state index contributed by atoms with van der Waals surface area (Å²) < 4.78 is 16.1. The minimum absolute atomic E-state index is 0.1000. The standard InChI is InChI=1S/C15H20N6O3/c1-10-8-16-9-12(17-10)24-11-4-6-21(7-5-11)13-18-14(22-2)20-15(19-13)23-3/h8-9,11H,4-7H2,1-3H3. The zero-order valence-electron chi connectivity index (χ0n) is 14.0. The molecule has 1 fully saturated rings. The van der Waals surface area contributed by atoms with E-state index in [9.17, 15) is 0 Å². The first-order chi connectivity index (χ1) is 11.7. The van der Waals surface area contributed by atoms with Gasteiger partial charge in [-0.3, -0.25) is 4.98 Å². The lowest BCUT2D eigenvalue weighted by atomic mass is 10.1. The molecule has 3 rings (SSSR count). The molecule has 0 aromatic carbocycles. The summed E-state index contributed by atoms with van der Waals surface area (Å²) >= 11 is 0. The first kappa shape index (κ1) is 16.2. The van der Waals surface area contributed by atoms with Gasteiger partial charge in [0.15, 0.2) is 0 Å². The Labute approximate surface area is 140 Å². The average molecular weight is 332 g/mol. The Bertz CT molecular complexity index is 668. The Balaban J connectivity index is 1.62. The summed E-state index contributed by atoms with van der Waals surface area (Å²) in [7, 11) is 3.03. The summed E-state index contributed by atoms with van der Waals surface area (Å²) in [5.41, 5.74) is 0.842. The second-order valence-electron chi connectivity index (χ2n) is 5.41. The molecule has 0 bridgehead atoms. The minimum Gasteiger partial charge on any atom is -0.473 e. The molecule has 0 aliphatic carbocycles. The van der Waals surface area contributed by atoms with E-state index in [1.807, 2.05) is 6.92 Å². The van der Waals surface area contributed by atoms with Crippen molar-refractivity contribution in [2.45, 2.75) is 25.9 Å². The van der Waals surface area contributed by atoms with E-state index in [1.165, 1.54) is 14.2 Å². The number of methoxy groups -OCH3 is 2. The van der Waals surface area contributed by atoms with E-state index in [0.29, 0.717) is 11.8 Å². The van der Waals surface area contributed by atoms with E-state index in [0.717, 1.165) is 31.6 Å². The van der Waals surface area contributed by atoms with Crippen molar-refractivity contribution in [2.75, 3.05) is 32.2 Å². The molecule has 1 saturated heterocycles. The molecule has 1 aliphatic heterocycles. The molecular formula is C15H20N6O3. The lowest BCUT2D eigenvalue weighted by molar-refractivity contribution is 0.162. The highest BCUT2D eigenvalue weighted by atomic mass is 16.5. The third-order valence-electron chi connectivity index (χ3n) is 3.69. The van der Waals surface area contributed by atoms with Gasteiger partial charge in [0.1, 0.15) is 6.10 Å². The quantitative estimate of drug-likeness (QED) is 0.795. The topological polar surface area (TPSA) is 95.4 Å². The molecular weight excluding hydrogens is 312 g/mol. The van der Waals surface area contributed by atoms with Crippen molar-refractivity contribution in [3.8, 4) is 17.9 Å². The first-order valence-electron chi connectivity index (χ1n) is 7.72. The van der Waals surface area contributed by atoms with Crippen molar-refractivity contribution in [1.82, 2.24) is 24.9 Å². The summed E-state index contributed by atoms with van der Waals surface area (Å²) in [6, 6.07) is 0.482. The molecule has 2 aromatic rings. The Morgan fingerprint density at radius 1 is 0.958 bits per heavy atom. The molecule has 0 N–H and O–H groups in total. The zero-order valence-corrected chi connectivity index (χ0v) is 14.0. The normalized spacial score (nSPS) is 15.2. The third kappa shape index (κ3) is 3.79. The molecule has 0 radical (unpaired) electrons. The van der Waals surface area contributed by atoms with Crippen LogP contribution in [0.15, 0.2) is 12.4 Å². The number of aryl methyl sites for hydroxylation is 1. The zero-order chi connectivity index (χ0) is 16.9. The van der Waals surface area contributed by atoms with Crippen LogP contribution >= 0.6 is 0 Å². The van der Waals surface area contributed by atoms with Crippen LogP contribution in [0.25, 0.3) is 0 Å². The summed E-state index contributed by atoms with van der Waals surface area (Å²) in [6.07, 6.45) is 5.12. The maximum Gasteiger partial charge on any atom is 0.324 e. The van der Waals surface area contributed by atoms with Gasteiger partial charge in [0, 0.05) is 32.1 Å². The van der Waals surface area contributed by atoms with Crippen LogP contribution in [0.1, 0.15) is 18.5 Å². The van der Waals surface area contributed by atoms with Crippen molar-refractivity contribution < 1.29 is 14.2 Å². The fourth-order valence-corrected chi connectivity index (χ4v) is 2.49. The van der Waals surface area contributed by atoms with Gasteiger partial charge in [-0.05, 0) is 6.92 Å². The number of ether oxygens (including phenoxy) is 3. The van der Waals surface area contributed by atoms with Crippen LogP contribution in [-0.2, 0) is 0 Å². The monoisotopic (exact) mass is 332 g/mol. The summed E-state index contributed by atoms with van der Waals surface area (Å²) in [4.78, 5) is 23.1. The van der Waals surface area contributed by atoms with Gasteiger partial charge in [-0.25, -0.2) is 4.98 Å². The predicted molar refractivity (Wildman–Crippen MR) is 85.6 cm³/mol. The smallest absolute Gasteiger partial charge is 0.324 e. The molecule has 9 heteroatoms. The second-order valence-corrected chi connectivity index (χ2v) is 5.41. The van der Waals surface area contributed by atoms with Gasteiger partial charge in [0.2, 0.25) is 11.8 Å². The molecule has 2 aromatic heterocycles. The molecule has 0 spiro atoms. The van der Waals surface area contributed by atoms with Gasteiger partial charge in [-0.1, -0.05) is 0 Å². The van der Waals surface area contributed by atoms with Gasteiger partial charge < -0.3 is 19.1 Å². The molecule has 0 saturated carbocycles. The van der Waals surface area contributed by atoms with E-state index in [1.54, 1.807) is 12.4 Å². The van der Waals surface area contributed by atoms with Gasteiger partial charge in [-0.15, -0.1) is 4.98 Å². The maximum atomic E-state index is 5.91. The van der Waals surface area contributed by atoms with Crippen LogP contribution in [0.4, 0.5) is 5.95 Å². The summed E-state index contributed by atoms with van der Waals surface area (Å²) in [6.45, 7) is 3.42. The largest absolute Gasteiger partial charge is 0.473 e. The summed E-state index contributed by atoms with van der Waals surface area (Å²) in [5.74, 6) is 1.12. The number of nitrogens with zero attached hydrogens (tertiary/aromatic N) is 6. The highest BCUT2D eigenvalue weighted by Gasteiger charge is 2.24. The highest BCUT2D eigenvalue weighted by Crippen LogP contribution is 2.22. The average Bonchev–Trinajstić information content (AvgIpc) is 2.62. The van der Waals surface area contributed by atoms with Crippen molar-refractivity contribution >= 4 is 5.95 Å². The number of hydrogen-bond acceptors (Lipinski definition) is 9. The SMILES string of the molecule is COc1nc(OC)nc(N2CCC(Oc3cncc(C)n3)CC2)n1. The van der Waals surface area contributed by atoms with Crippen LogP contribution < -0.4 is 19.1 Å². The Morgan fingerprint density at radius 2 is 1.62 bits per heavy atom. The van der Waals surface area contributed by atoms with Crippen LogP contribution in [0.5, 0.6) is 17.9 Å². The van der Waals surface area contributed by atoms with Crippen LogP contribution in [0.2, 0.25) is 0 Å².